The first kappa shape index (κ1) is 20.8. The number of rotatable bonds is 7. The Hall–Kier alpha value is -2.51. The number of benzene rings is 1. The largest absolute Gasteiger partial charge is 0.481 e. The molecular formula is C19H24F2N2O4. The summed E-state index contributed by atoms with van der Waals surface area (Å²) in [6, 6.07) is 2.29. The van der Waals surface area contributed by atoms with E-state index in [4.69, 9.17) is 5.11 Å². The predicted octanol–water partition coefficient (Wildman–Crippen LogP) is 2.64. The molecule has 0 aliphatic carbocycles. The van der Waals surface area contributed by atoms with Gasteiger partial charge in [-0.2, -0.15) is 0 Å². The van der Waals surface area contributed by atoms with E-state index in [1.807, 2.05) is 0 Å². The number of carboxylic acids is 1. The van der Waals surface area contributed by atoms with Crippen LogP contribution in [0.2, 0.25) is 0 Å². The highest BCUT2D eigenvalue weighted by Gasteiger charge is 2.29. The molecule has 2 atom stereocenters. The monoisotopic (exact) mass is 382 g/mol. The molecular weight excluding hydrogens is 358 g/mol. The van der Waals surface area contributed by atoms with Gasteiger partial charge in [-0.1, -0.05) is 6.07 Å². The smallest absolute Gasteiger partial charge is 0.303 e. The summed E-state index contributed by atoms with van der Waals surface area (Å²) < 4.78 is 28.2. The summed E-state index contributed by atoms with van der Waals surface area (Å²) in [7, 11) is 0. The van der Waals surface area contributed by atoms with Crippen molar-refractivity contribution in [3.05, 3.63) is 35.4 Å². The van der Waals surface area contributed by atoms with Crippen molar-refractivity contribution >= 4 is 17.8 Å². The molecule has 0 spiro atoms. The van der Waals surface area contributed by atoms with E-state index in [-0.39, 0.29) is 30.2 Å². The van der Waals surface area contributed by atoms with Crippen LogP contribution in [0.25, 0.3) is 0 Å². The van der Waals surface area contributed by atoms with Crippen LogP contribution in [0, 0.1) is 17.6 Å². The number of hydrogen-bond donors (Lipinski definition) is 2. The zero-order valence-corrected chi connectivity index (χ0v) is 15.2. The number of hydrogen-bond acceptors (Lipinski definition) is 3. The minimum atomic E-state index is -1.10. The van der Waals surface area contributed by atoms with Gasteiger partial charge in [0.1, 0.15) is 11.6 Å². The van der Waals surface area contributed by atoms with Crippen LogP contribution >= 0.6 is 0 Å². The third-order valence-electron chi connectivity index (χ3n) is 4.74. The van der Waals surface area contributed by atoms with Crippen LogP contribution in [0.5, 0.6) is 0 Å². The fraction of sp³-hybridized carbons (Fsp3) is 0.526. The molecule has 2 N–H and O–H groups in total. The molecule has 1 aliphatic rings. The second kappa shape index (κ2) is 9.43. The van der Waals surface area contributed by atoms with Crippen molar-refractivity contribution < 1.29 is 28.3 Å². The lowest BCUT2D eigenvalue weighted by Gasteiger charge is -2.33. The number of nitrogens with zero attached hydrogens (tertiary/aromatic N) is 1. The predicted molar refractivity (Wildman–Crippen MR) is 93.7 cm³/mol. The Morgan fingerprint density at radius 3 is 2.56 bits per heavy atom. The molecule has 1 aromatic rings. The fourth-order valence-electron chi connectivity index (χ4n) is 3.47. The number of aliphatic carboxylic acids is 1. The third-order valence-corrected chi connectivity index (χ3v) is 4.74. The van der Waals surface area contributed by atoms with Crippen molar-refractivity contribution in [2.75, 3.05) is 13.1 Å². The lowest BCUT2D eigenvalue weighted by atomic mass is 9.92. The molecule has 27 heavy (non-hydrogen) atoms. The molecule has 1 heterocycles. The van der Waals surface area contributed by atoms with E-state index in [1.165, 1.54) is 13.0 Å². The van der Waals surface area contributed by atoms with Crippen molar-refractivity contribution in [1.29, 1.82) is 0 Å². The highest BCUT2D eigenvalue weighted by atomic mass is 19.1. The number of carbonyl (C=O) groups is 3. The second-order valence-corrected chi connectivity index (χ2v) is 6.87. The first-order valence-corrected chi connectivity index (χ1v) is 8.98. The van der Waals surface area contributed by atoms with E-state index < -0.39 is 29.6 Å². The van der Waals surface area contributed by atoms with Crippen molar-refractivity contribution in [2.45, 2.75) is 45.1 Å². The first-order chi connectivity index (χ1) is 12.8. The SMILES string of the molecule is CC(=O)N[C@H](CC(=O)N1CCC[C@@H](CCC(=O)O)C1)c1c(F)cccc1F. The van der Waals surface area contributed by atoms with Gasteiger partial charge < -0.3 is 15.3 Å². The number of carbonyl (C=O) groups excluding carboxylic acids is 2. The van der Waals surface area contributed by atoms with Crippen LogP contribution in [0.4, 0.5) is 8.78 Å². The van der Waals surface area contributed by atoms with Crippen LogP contribution in [0.15, 0.2) is 18.2 Å². The molecule has 1 aliphatic heterocycles. The molecule has 2 rings (SSSR count). The number of halogens is 2. The summed E-state index contributed by atoms with van der Waals surface area (Å²) in [6.45, 7) is 2.15. The van der Waals surface area contributed by atoms with E-state index in [9.17, 15) is 23.2 Å². The summed E-state index contributed by atoms with van der Waals surface area (Å²) in [5, 5.41) is 11.3. The quantitative estimate of drug-likeness (QED) is 0.759. The molecule has 0 unspecified atom stereocenters. The van der Waals surface area contributed by atoms with Gasteiger partial charge in [0.2, 0.25) is 11.8 Å². The Balaban J connectivity index is 2.09. The van der Waals surface area contributed by atoms with Gasteiger partial charge in [0.05, 0.1) is 12.5 Å². The summed E-state index contributed by atoms with van der Waals surface area (Å²) >= 11 is 0. The molecule has 2 amide bonds. The number of piperidine rings is 1. The average Bonchev–Trinajstić information content (AvgIpc) is 2.59. The van der Waals surface area contributed by atoms with Crippen LogP contribution in [-0.4, -0.2) is 40.9 Å². The van der Waals surface area contributed by atoms with Gasteiger partial charge in [0.15, 0.2) is 0 Å². The second-order valence-electron chi connectivity index (χ2n) is 6.87. The fourth-order valence-corrected chi connectivity index (χ4v) is 3.47. The van der Waals surface area contributed by atoms with E-state index >= 15 is 0 Å². The Bertz CT molecular complexity index is 691. The molecule has 1 fully saturated rings. The molecule has 148 valence electrons. The van der Waals surface area contributed by atoms with Gasteiger partial charge in [0, 0.05) is 32.0 Å². The van der Waals surface area contributed by atoms with Crippen molar-refractivity contribution in [3.8, 4) is 0 Å². The van der Waals surface area contributed by atoms with Crippen LogP contribution < -0.4 is 5.32 Å². The highest BCUT2D eigenvalue weighted by molar-refractivity contribution is 5.79. The Labute approximate surface area is 156 Å². The first-order valence-electron chi connectivity index (χ1n) is 8.98. The topological polar surface area (TPSA) is 86.7 Å². The number of likely N-dealkylation sites (tertiary alicyclic amines) is 1. The Kier molecular flexibility index (Phi) is 7.27. The van der Waals surface area contributed by atoms with Crippen LogP contribution in [0.3, 0.4) is 0 Å². The zero-order chi connectivity index (χ0) is 20.0. The standard InChI is InChI=1S/C19H24F2N2O4/c1-12(24)22-16(19-14(20)5-2-6-15(19)21)10-17(25)23-9-3-4-13(11-23)7-8-18(26)27/h2,5-6,13,16H,3-4,7-11H2,1H3,(H,22,24)(H,26,27)/t13-,16+/m0/s1. The van der Waals surface area contributed by atoms with Crippen molar-refractivity contribution in [1.82, 2.24) is 10.2 Å². The van der Waals surface area contributed by atoms with Gasteiger partial charge in [-0.25, -0.2) is 8.78 Å². The van der Waals surface area contributed by atoms with E-state index in [0.29, 0.717) is 19.5 Å². The minimum absolute atomic E-state index is 0.0433. The molecule has 1 saturated heterocycles. The molecule has 0 radical (unpaired) electrons. The van der Waals surface area contributed by atoms with Gasteiger partial charge in [-0.15, -0.1) is 0 Å². The molecule has 1 aromatic carbocycles. The third kappa shape index (κ3) is 6.01. The zero-order valence-electron chi connectivity index (χ0n) is 15.2. The van der Waals surface area contributed by atoms with Crippen molar-refractivity contribution in [2.24, 2.45) is 5.92 Å². The van der Waals surface area contributed by atoms with Crippen LogP contribution in [-0.2, 0) is 14.4 Å². The maximum atomic E-state index is 14.1. The van der Waals surface area contributed by atoms with Crippen molar-refractivity contribution in [3.63, 3.8) is 0 Å². The number of amides is 2. The van der Waals surface area contributed by atoms with Gasteiger partial charge in [-0.3, -0.25) is 14.4 Å². The summed E-state index contributed by atoms with van der Waals surface area (Å²) in [5.41, 5.74) is -0.333. The highest BCUT2D eigenvalue weighted by Crippen LogP contribution is 2.26. The molecule has 8 heteroatoms. The van der Waals surface area contributed by atoms with Gasteiger partial charge in [0.25, 0.3) is 0 Å². The maximum Gasteiger partial charge on any atom is 0.303 e. The Morgan fingerprint density at radius 2 is 1.96 bits per heavy atom. The summed E-state index contributed by atoms with van der Waals surface area (Å²) in [5.74, 6) is -3.24. The Morgan fingerprint density at radius 1 is 1.30 bits per heavy atom. The lowest BCUT2D eigenvalue weighted by Crippen LogP contribution is -2.42. The molecule has 0 bridgehead atoms. The molecule has 6 nitrogen and oxygen atoms in total. The number of nitrogens with one attached hydrogen (secondary N) is 1. The number of carboxylic acid groups (broad SMARTS) is 1. The minimum Gasteiger partial charge on any atom is -0.481 e. The van der Waals surface area contributed by atoms with Crippen LogP contribution in [0.1, 0.15) is 50.6 Å². The van der Waals surface area contributed by atoms with Gasteiger partial charge in [-0.05, 0) is 37.3 Å². The van der Waals surface area contributed by atoms with Gasteiger partial charge >= 0.3 is 5.97 Å². The lowest BCUT2D eigenvalue weighted by molar-refractivity contribution is -0.137. The average molecular weight is 382 g/mol. The summed E-state index contributed by atoms with van der Waals surface area (Å²) in [6.07, 6.45) is 1.85. The summed E-state index contributed by atoms with van der Waals surface area (Å²) in [4.78, 5) is 36.5. The maximum absolute atomic E-state index is 14.1. The van der Waals surface area contributed by atoms with E-state index in [1.54, 1.807) is 4.90 Å². The molecule has 0 saturated carbocycles. The molecule has 0 aromatic heterocycles. The van der Waals surface area contributed by atoms with E-state index in [0.717, 1.165) is 25.0 Å². The van der Waals surface area contributed by atoms with E-state index in [2.05, 4.69) is 5.32 Å². The normalized spacial score (nSPS) is 18.0.